The van der Waals surface area contributed by atoms with Crippen LogP contribution in [0.5, 0.6) is 5.75 Å². The van der Waals surface area contributed by atoms with Crippen LogP contribution in [0.25, 0.3) is 0 Å². The Morgan fingerprint density at radius 3 is 2.86 bits per heavy atom. The number of fused-ring (bicyclic) bond motifs is 1. The third-order valence-corrected chi connectivity index (χ3v) is 3.16. The van der Waals surface area contributed by atoms with Crippen molar-refractivity contribution in [3.8, 4) is 5.75 Å². The zero-order valence-electron chi connectivity index (χ0n) is 13.0. The Hall–Kier alpha value is -2.34. The fraction of sp³-hybridized carbons (Fsp3) is 0.375. The number of nitrogens with zero attached hydrogens (tertiary/aromatic N) is 1. The number of hydrogen-bond acceptors (Lipinski definition) is 4. The maximum atomic E-state index is 12.2. The highest BCUT2D eigenvalue weighted by molar-refractivity contribution is 6.01. The van der Waals surface area contributed by atoms with Crippen LogP contribution in [0.3, 0.4) is 0 Å². The van der Waals surface area contributed by atoms with Crippen LogP contribution in [0.15, 0.2) is 30.4 Å². The molecule has 0 saturated heterocycles. The van der Waals surface area contributed by atoms with Gasteiger partial charge in [0.15, 0.2) is 6.10 Å². The Morgan fingerprint density at radius 1 is 1.50 bits per heavy atom. The Balaban J connectivity index is 2.28. The average Bonchev–Trinajstić information content (AvgIpc) is 2.43. The second-order valence-electron chi connectivity index (χ2n) is 5.31. The fourth-order valence-electron chi connectivity index (χ4n) is 2.25. The molecule has 1 aromatic rings. The number of hydrogen-bond donors (Lipinski definition) is 1. The van der Waals surface area contributed by atoms with Gasteiger partial charge in [-0.1, -0.05) is 12.2 Å². The number of methoxy groups -OCH3 is 1. The summed E-state index contributed by atoms with van der Waals surface area (Å²) in [5.74, 6) is 0.205. The van der Waals surface area contributed by atoms with Crippen LogP contribution in [0.1, 0.15) is 13.8 Å². The summed E-state index contributed by atoms with van der Waals surface area (Å²) in [6, 6.07) is 5.19. The van der Waals surface area contributed by atoms with E-state index in [1.807, 2.05) is 6.92 Å². The molecular formula is C16H20N2O4. The SMILES string of the molecule is C=C(C)CN1C(=O)C(C)Oc2cc(NC(=O)COC)ccc21. The molecule has 1 aromatic carbocycles. The van der Waals surface area contributed by atoms with Crippen molar-refractivity contribution in [2.45, 2.75) is 20.0 Å². The van der Waals surface area contributed by atoms with E-state index < -0.39 is 6.10 Å². The van der Waals surface area contributed by atoms with Crippen molar-refractivity contribution in [3.63, 3.8) is 0 Å². The molecule has 0 bridgehead atoms. The van der Waals surface area contributed by atoms with E-state index in [1.165, 1.54) is 7.11 Å². The van der Waals surface area contributed by atoms with Crippen LogP contribution < -0.4 is 15.0 Å². The van der Waals surface area contributed by atoms with Gasteiger partial charge in [0.2, 0.25) is 5.91 Å². The summed E-state index contributed by atoms with van der Waals surface area (Å²) in [5.41, 5.74) is 2.15. The molecule has 1 unspecified atom stereocenters. The van der Waals surface area contributed by atoms with Gasteiger partial charge >= 0.3 is 0 Å². The molecule has 2 rings (SSSR count). The van der Waals surface area contributed by atoms with E-state index in [1.54, 1.807) is 30.0 Å². The number of anilines is 2. The highest BCUT2D eigenvalue weighted by atomic mass is 16.5. The zero-order valence-corrected chi connectivity index (χ0v) is 13.0. The summed E-state index contributed by atoms with van der Waals surface area (Å²) in [6.45, 7) is 7.84. The molecule has 0 fully saturated rings. The molecule has 1 aliphatic rings. The Labute approximate surface area is 129 Å². The van der Waals surface area contributed by atoms with Crippen molar-refractivity contribution >= 4 is 23.2 Å². The van der Waals surface area contributed by atoms with E-state index >= 15 is 0 Å². The minimum atomic E-state index is -0.572. The monoisotopic (exact) mass is 304 g/mol. The molecule has 6 heteroatoms. The molecule has 0 spiro atoms. The first kappa shape index (κ1) is 16.0. The standard InChI is InChI=1S/C16H20N2O4/c1-10(2)8-18-13-6-5-12(17-15(19)9-21-4)7-14(13)22-11(3)16(18)20/h5-7,11H,1,8-9H2,2-4H3,(H,17,19). The third-order valence-electron chi connectivity index (χ3n) is 3.16. The van der Waals surface area contributed by atoms with Gasteiger partial charge in [0.05, 0.1) is 5.69 Å². The Kier molecular flexibility index (Phi) is 4.82. The van der Waals surface area contributed by atoms with Crippen molar-refractivity contribution in [2.75, 3.05) is 30.5 Å². The van der Waals surface area contributed by atoms with Gasteiger partial charge in [0.1, 0.15) is 12.4 Å². The second-order valence-corrected chi connectivity index (χ2v) is 5.31. The topological polar surface area (TPSA) is 67.9 Å². The van der Waals surface area contributed by atoms with E-state index in [-0.39, 0.29) is 18.4 Å². The normalized spacial score (nSPS) is 16.8. The van der Waals surface area contributed by atoms with Crippen LogP contribution in [-0.2, 0) is 14.3 Å². The number of amides is 2. The van der Waals surface area contributed by atoms with Crippen LogP contribution in [0.2, 0.25) is 0 Å². The summed E-state index contributed by atoms with van der Waals surface area (Å²) in [6.07, 6.45) is -0.572. The van der Waals surface area contributed by atoms with E-state index in [0.29, 0.717) is 23.7 Å². The molecule has 1 N–H and O–H groups in total. The van der Waals surface area contributed by atoms with Crippen LogP contribution in [-0.4, -0.2) is 38.2 Å². The maximum absolute atomic E-state index is 12.2. The molecule has 0 radical (unpaired) electrons. The molecule has 6 nitrogen and oxygen atoms in total. The van der Waals surface area contributed by atoms with E-state index in [4.69, 9.17) is 9.47 Å². The lowest BCUT2D eigenvalue weighted by Gasteiger charge is -2.33. The van der Waals surface area contributed by atoms with Gasteiger partial charge in [-0.05, 0) is 26.0 Å². The molecule has 0 aliphatic carbocycles. The number of ether oxygens (including phenoxy) is 2. The lowest BCUT2D eigenvalue weighted by atomic mass is 10.1. The largest absolute Gasteiger partial charge is 0.479 e. The molecule has 118 valence electrons. The summed E-state index contributed by atoms with van der Waals surface area (Å²) in [5, 5.41) is 2.71. The number of carbonyl (C=O) groups excluding carboxylic acids is 2. The third kappa shape index (κ3) is 3.46. The molecule has 0 aromatic heterocycles. The predicted molar refractivity (Wildman–Crippen MR) is 84.2 cm³/mol. The van der Waals surface area contributed by atoms with Gasteiger partial charge in [0, 0.05) is 25.4 Å². The van der Waals surface area contributed by atoms with Crippen molar-refractivity contribution in [3.05, 3.63) is 30.4 Å². The van der Waals surface area contributed by atoms with Gasteiger partial charge in [0.25, 0.3) is 5.91 Å². The quantitative estimate of drug-likeness (QED) is 0.844. The fourth-order valence-corrected chi connectivity index (χ4v) is 2.25. The first-order valence-corrected chi connectivity index (χ1v) is 6.97. The van der Waals surface area contributed by atoms with Gasteiger partial charge in [-0.2, -0.15) is 0 Å². The molecule has 0 saturated carbocycles. The van der Waals surface area contributed by atoms with Crippen molar-refractivity contribution in [2.24, 2.45) is 0 Å². The Bertz CT molecular complexity index is 612. The molecular weight excluding hydrogens is 284 g/mol. The minimum Gasteiger partial charge on any atom is -0.479 e. The average molecular weight is 304 g/mol. The van der Waals surface area contributed by atoms with Gasteiger partial charge < -0.3 is 19.7 Å². The van der Waals surface area contributed by atoms with E-state index in [0.717, 1.165) is 5.57 Å². The van der Waals surface area contributed by atoms with E-state index in [9.17, 15) is 9.59 Å². The van der Waals surface area contributed by atoms with Crippen molar-refractivity contribution in [1.82, 2.24) is 0 Å². The van der Waals surface area contributed by atoms with Crippen molar-refractivity contribution in [1.29, 1.82) is 0 Å². The number of nitrogens with one attached hydrogen (secondary N) is 1. The molecule has 1 heterocycles. The van der Waals surface area contributed by atoms with E-state index in [2.05, 4.69) is 11.9 Å². The second kappa shape index (κ2) is 6.62. The zero-order chi connectivity index (χ0) is 16.3. The smallest absolute Gasteiger partial charge is 0.268 e. The molecule has 1 aliphatic heterocycles. The molecule has 22 heavy (non-hydrogen) atoms. The highest BCUT2D eigenvalue weighted by Gasteiger charge is 2.31. The number of rotatable bonds is 5. The minimum absolute atomic E-state index is 0.0192. The first-order valence-electron chi connectivity index (χ1n) is 6.97. The number of benzene rings is 1. The summed E-state index contributed by atoms with van der Waals surface area (Å²) < 4.78 is 10.4. The Morgan fingerprint density at radius 2 is 2.23 bits per heavy atom. The summed E-state index contributed by atoms with van der Waals surface area (Å²) in [7, 11) is 1.46. The van der Waals surface area contributed by atoms with Gasteiger partial charge in [-0.15, -0.1) is 0 Å². The summed E-state index contributed by atoms with van der Waals surface area (Å²) in [4.78, 5) is 25.4. The van der Waals surface area contributed by atoms with Gasteiger partial charge in [-0.25, -0.2) is 0 Å². The van der Waals surface area contributed by atoms with Crippen LogP contribution >= 0.6 is 0 Å². The maximum Gasteiger partial charge on any atom is 0.268 e. The van der Waals surface area contributed by atoms with Crippen molar-refractivity contribution < 1.29 is 19.1 Å². The number of carbonyl (C=O) groups is 2. The molecule has 2 amide bonds. The van der Waals surface area contributed by atoms with Crippen LogP contribution in [0, 0.1) is 0 Å². The lowest BCUT2D eigenvalue weighted by Crippen LogP contribution is -2.45. The highest BCUT2D eigenvalue weighted by Crippen LogP contribution is 2.36. The van der Waals surface area contributed by atoms with Crippen LogP contribution in [0.4, 0.5) is 11.4 Å². The predicted octanol–water partition coefficient (Wildman–Crippen LogP) is 1.96. The summed E-state index contributed by atoms with van der Waals surface area (Å²) >= 11 is 0. The lowest BCUT2D eigenvalue weighted by molar-refractivity contribution is -0.125. The first-order chi connectivity index (χ1) is 10.4. The van der Waals surface area contributed by atoms with Gasteiger partial charge in [-0.3, -0.25) is 9.59 Å². The molecule has 1 atom stereocenters.